The van der Waals surface area contributed by atoms with Crippen molar-refractivity contribution in [2.75, 3.05) is 13.1 Å². The summed E-state index contributed by atoms with van der Waals surface area (Å²) >= 11 is 5.82. The molecule has 3 rings (SSSR count). The summed E-state index contributed by atoms with van der Waals surface area (Å²) in [5, 5.41) is 3.46. The summed E-state index contributed by atoms with van der Waals surface area (Å²) in [5.74, 6) is -0.744. The van der Waals surface area contributed by atoms with Crippen molar-refractivity contribution in [1.29, 1.82) is 0 Å². The Balaban J connectivity index is 0.00000161. The first-order valence-electron chi connectivity index (χ1n) is 6.69. The Bertz CT molecular complexity index is 613. The van der Waals surface area contributed by atoms with E-state index in [1.165, 1.54) is 16.4 Å². The van der Waals surface area contributed by atoms with Crippen molar-refractivity contribution in [3.05, 3.63) is 29.0 Å². The molecular weight excluding hydrogens is 338 g/mol. The van der Waals surface area contributed by atoms with Crippen molar-refractivity contribution in [3.8, 4) is 0 Å². The Morgan fingerprint density at radius 2 is 1.95 bits per heavy atom. The topological polar surface area (TPSA) is 49.4 Å². The molecule has 2 saturated heterocycles. The van der Waals surface area contributed by atoms with Crippen LogP contribution in [0.5, 0.6) is 0 Å². The van der Waals surface area contributed by atoms with Crippen LogP contribution >= 0.6 is 24.0 Å². The van der Waals surface area contributed by atoms with Crippen LogP contribution in [0.15, 0.2) is 23.1 Å². The van der Waals surface area contributed by atoms with E-state index in [0.717, 1.165) is 31.9 Å². The summed E-state index contributed by atoms with van der Waals surface area (Å²) in [6.07, 6.45) is 2.42. The van der Waals surface area contributed by atoms with Gasteiger partial charge < -0.3 is 5.32 Å². The van der Waals surface area contributed by atoms with Crippen molar-refractivity contribution in [2.24, 2.45) is 0 Å². The van der Waals surface area contributed by atoms with Gasteiger partial charge in [0.05, 0.1) is 0 Å². The largest absolute Gasteiger partial charge is 0.315 e. The van der Waals surface area contributed by atoms with Crippen molar-refractivity contribution < 1.29 is 12.8 Å². The lowest BCUT2D eigenvalue weighted by molar-refractivity contribution is 0.333. The molecule has 8 heteroatoms. The molecule has 2 atom stereocenters. The first-order chi connectivity index (χ1) is 9.50. The van der Waals surface area contributed by atoms with E-state index in [-0.39, 0.29) is 34.4 Å². The molecule has 0 aromatic heterocycles. The van der Waals surface area contributed by atoms with Gasteiger partial charge in [-0.25, -0.2) is 12.8 Å². The maximum atomic E-state index is 13.9. The van der Waals surface area contributed by atoms with Gasteiger partial charge in [-0.15, -0.1) is 12.4 Å². The third-order valence-electron chi connectivity index (χ3n) is 4.04. The predicted molar refractivity (Wildman–Crippen MR) is 82.0 cm³/mol. The summed E-state index contributed by atoms with van der Waals surface area (Å²) in [6.45, 7) is 1.42. The second kappa shape index (κ2) is 6.38. The highest BCUT2D eigenvalue weighted by Gasteiger charge is 2.43. The lowest BCUT2D eigenvalue weighted by atomic mass is 10.1. The molecule has 0 amide bonds. The number of benzene rings is 1. The van der Waals surface area contributed by atoms with E-state index in [1.807, 2.05) is 0 Å². The van der Waals surface area contributed by atoms with E-state index in [1.54, 1.807) is 0 Å². The molecule has 4 nitrogen and oxygen atoms in total. The average molecular weight is 355 g/mol. The van der Waals surface area contributed by atoms with Crippen LogP contribution in [0, 0.1) is 5.82 Å². The zero-order chi connectivity index (χ0) is 14.3. The van der Waals surface area contributed by atoms with Crippen molar-refractivity contribution in [1.82, 2.24) is 9.62 Å². The van der Waals surface area contributed by atoms with Gasteiger partial charge in [0.1, 0.15) is 10.7 Å². The molecule has 1 aromatic carbocycles. The molecule has 2 unspecified atom stereocenters. The highest BCUT2D eigenvalue weighted by atomic mass is 35.5. The predicted octanol–water partition coefficient (Wildman–Crippen LogP) is 2.42. The standard InChI is InChI=1S/C13H16ClFN2O2S.ClH/c14-9-1-4-12(15)13(7-9)20(18,19)17-10-2-3-11(17)8-16-6-5-10;/h1,4,7,10-11,16H,2-3,5-6,8H2;1H. The molecule has 2 aliphatic heterocycles. The van der Waals surface area contributed by atoms with Crippen molar-refractivity contribution >= 4 is 34.0 Å². The highest BCUT2D eigenvalue weighted by molar-refractivity contribution is 7.89. The van der Waals surface area contributed by atoms with Gasteiger partial charge in [0.25, 0.3) is 0 Å². The Hall–Kier alpha value is -0.400. The van der Waals surface area contributed by atoms with Gasteiger partial charge in [-0.05, 0) is 44.0 Å². The molecule has 2 aliphatic rings. The van der Waals surface area contributed by atoms with E-state index < -0.39 is 15.8 Å². The molecule has 0 radical (unpaired) electrons. The summed E-state index contributed by atoms with van der Waals surface area (Å²) in [4.78, 5) is -0.316. The molecule has 1 aromatic rings. The fraction of sp³-hybridized carbons (Fsp3) is 0.538. The van der Waals surface area contributed by atoms with Gasteiger partial charge in [0.15, 0.2) is 0 Å². The number of nitrogens with zero attached hydrogens (tertiary/aromatic N) is 1. The van der Waals surface area contributed by atoms with Gasteiger partial charge in [-0.1, -0.05) is 11.6 Å². The monoisotopic (exact) mass is 354 g/mol. The zero-order valence-electron chi connectivity index (χ0n) is 11.3. The SMILES string of the molecule is Cl.O=S(=O)(c1cc(Cl)ccc1F)N1C2CCNCC1CC2. The van der Waals surface area contributed by atoms with Gasteiger partial charge in [-0.3, -0.25) is 0 Å². The second-order valence-electron chi connectivity index (χ2n) is 5.29. The molecule has 21 heavy (non-hydrogen) atoms. The van der Waals surface area contributed by atoms with E-state index in [2.05, 4.69) is 5.32 Å². The lowest BCUT2D eigenvalue weighted by Gasteiger charge is -2.27. The fourth-order valence-corrected chi connectivity index (χ4v) is 5.35. The van der Waals surface area contributed by atoms with Crippen LogP contribution in [0.25, 0.3) is 0 Å². The number of sulfonamides is 1. The second-order valence-corrected chi connectivity index (χ2v) is 7.54. The minimum absolute atomic E-state index is 0. The summed E-state index contributed by atoms with van der Waals surface area (Å²) in [7, 11) is -3.84. The number of hydrogen-bond acceptors (Lipinski definition) is 3. The molecule has 2 bridgehead atoms. The first kappa shape index (κ1) is 17.0. The van der Waals surface area contributed by atoms with Crippen LogP contribution in [-0.4, -0.2) is 37.9 Å². The lowest BCUT2D eigenvalue weighted by Crippen LogP contribution is -2.42. The van der Waals surface area contributed by atoms with Gasteiger partial charge in [0, 0.05) is 23.7 Å². The number of halogens is 3. The molecule has 2 fully saturated rings. The van der Waals surface area contributed by atoms with E-state index >= 15 is 0 Å². The quantitative estimate of drug-likeness (QED) is 0.887. The van der Waals surface area contributed by atoms with Gasteiger partial charge in [-0.2, -0.15) is 4.31 Å². The van der Waals surface area contributed by atoms with E-state index in [9.17, 15) is 12.8 Å². The highest BCUT2D eigenvalue weighted by Crippen LogP contribution is 2.35. The van der Waals surface area contributed by atoms with Crippen LogP contribution < -0.4 is 5.32 Å². The summed E-state index contributed by atoms with van der Waals surface area (Å²) in [5.41, 5.74) is 0. The number of fused-ring (bicyclic) bond motifs is 2. The Kier molecular flexibility index (Phi) is 5.15. The Labute approximate surface area is 135 Å². The smallest absolute Gasteiger partial charge is 0.246 e. The zero-order valence-corrected chi connectivity index (χ0v) is 13.6. The molecular formula is C13H17Cl2FN2O2S. The maximum absolute atomic E-state index is 13.9. The molecule has 0 saturated carbocycles. The summed E-state index contributed by atoms with van der Waals surface area (Å²) in [6, 6.07) is 3.52. The van der Waals surface area contributed by atoms with Crippen LogP contribution in [0.1, 0.15) is 19.3 Å². The third-order valence-corrected chi connectivity index (χ3v) is 6.29. The van der Waals surface area contributed by atoms with Crippen LogP contribution in [0.2, 0.25) is 5.02 Å². The normalized spacial score (nSPS) is 26.2. The van der Waals surface area contributed by atoms with Crippen LogP contribution in [-0.2, 0) is 10.0 Å². The minimum atomic E-state index is -3.84. The number of nitrogens with one attached hydrogen (secondary N) is 1. The van der Waals surface area contributed by atoms with Crippen molar-refractivity contribution in [2.45, 2.75) is 36.2 Å². The minimum Gasteiger partial charge on any atom is -0.315 e. The first-order valence-corrected chi connectivity index (χ1v) is 8.51. The van der Waals surface area contributed by atoms with Crippen molar-refractivity contribution in [3.63, 3.8) is 0 Å². The number of rotatable bonds is 2. The maximum Gasteiger partial charge on any atom is 0.246 e. The Morgan fingerprint density at radius 1 is 1.24 bits per heavy atom. The van der Waals surface area contributed by atoms with E-state index in [0.29, 0.717) is 6.54 Å². The Morgan fingerprint density at radius 3 is 2.71 bits per heavy atom. The van der Waals surface area contributed by atoms with E-state index in [4.69, 9.17) is 11.6 Å². The molecule has 1 N–H and O–H groups in total. The molecule has 118 valence electrons. The number of hydrogen-bond donors (Lipinski definition) is 1. The van der Waals surface area contributed by atoms with Gasteiger partial charge >= 0.3 is 0 Å². The molecule has 0 spiro atoms. The fourth-order valence-electron chi connectivity index (χ4n) is 3.12. The van der Waals surface area contributed by atoms with Crippen LogP contribution in [0.4, 0.5) is 4.39 Å². The molecule has 2 heterocycles. The van der Waals surface area contributed by atoms with Crippen LogP contribution in [0.3, 0.4) is 0 Å². The summed E-state index contributed by atoms with van der Waals surface area (Å²) < 4.78 is 41.0. The average Bonchev–Trinajstić information content (AvgIpc) is 2.66. The van der Waals surface area contributed by atoms with Gasteiger partial charge in [0.2, 0.25) is 10.0 Å². The third kappa shape index (κ3) is 3.05. The molecule has 0 aliphatic carbocycles.